The quantitative estimate of drug-likeness (QED) is 0.838. The maximum absolute atomic E-state index is 14.6. The number of aliphatic hydroxyl groups excluding tert-OH is 1. The number of amides is 1. The molecule has 6 heteroatoms. The molecule has 1 N–H and O–H groups in total. The normalized spacial score (nSPS) is 26.9. The van der Waals surface area contributed by atoms with E-state index in [4.69, 9.17) is 4.74 Å². The Morgan fingerprint density at radius 2 is 1.72 bits per heavy atom. The van der Waals surface area contributed by atoms with Crippen molar-refractivity contribution in [3.05, 3.63) is 59.7 Å². The standard InChI is InChI=1S/C23H23F2NO3/c24-23(25)15-9-10-22(23,14-27)13-26(11-15)21(28)29-12-20-18-7-3-1-5-16(18)17-6-2-4-8-19(17)20/h1-8,15,20,27H,9-14H2. The molecule has 0 radical (unpaired) electrons. The van der Waals surface area contributed by atoms with E-state index in [9.17, 15) is 18.7 Å². The molecule has 0 aromatic heterocycles. The van der Waals surface area contributed by atoms with Gasteiger partial charge >= 0.3 is 6.09 Å². The van der Waals surface area contributed by atoms with Gasteiger partial charge in [0.05, 0.1) is 12.0 Å². The number of fused-ring (bicyclic) bond motifs is 5. The third-order valence-corrected chi connectivity index (χ3v) is 7.02. The molecule has 29 heavy (non-hydrogen) atoms. The highest BCUT2D eigenvalue weighted by atomic mass is 19.3. The van der Waals surface area contributed by atoms with Gasteiger partial charge in [0, 0.05) is 24.9 Å². The van der Waals surface area contributed by atoms with E-state index < -0.39 is 30.0 Å². The SMILES string of the molecule is O=C(OCC1c2ccccc2-c2ccccc21)N1CC2CCC(CO)(C1)C2(F)F. The number of carbonyl (C=O) groups is 1. The first-order valence-electron chi connectivity index (χ1n) is 10.1. The van der Waals surface area contributed by atoms with E-state index in [-0.39, 0.29) is 32.0 Å². The fourth-order valence-electron chi connectivity index (χ4n) is 5.38. The van der Waals surface area contributed by atoms with Crippen LogP contribution in [0.3, 0.4) is 0 Å². The van der Waals surface area contributed by atoms with Crippen LogP contribution in [-0.2, 0) is 4.74 Å². The van der Waals surface area contributed by atoms with Gasteiger partial charge in [-0.3, -0.25) is 0 Å². The number of carbonyl (C=O) groups excluding carboxylic acids is 1. The summed E-state index contributed by atoms with van der Waals surface area (Å²) in [5, 5.41) is 9.67. The second kappa shape index (κ2) is 6.52. The molecule has 1 saturated carbocycles. The number of hydrogen-bond donors (Lipinski definition) is 1. The molecule has 2 aliphatic carbocycles. The molecule has 2 fully saturated rings. The van der Waals surface area contributed by atoms with Crippen LogP contribution in [-0.4, -0.2) is 48.3 Å². The van der Waals surface area contributed by atoms with E-state index in [2.05, 4.69) is 12.1 Å². The Balaban J connectivity index is 1.33. The molecule has 3 aliphatic rings. The number of aliphatic hydroxyl groups is 1. The van der Waals surface area contributed by atoms with Gasteiger partial charge in [0.1, 0.15) is 6.61 Å². The van der Waals surface area contributed by atoms with Crippen molar-refractivity contribution in [3.8, 4) is 11.1 Å². The first kappa shape index (κ1) is 18.6. The van der Waals surface area contributed by atoms with Crippen molar-refractivity contribution >= 4 is 6.09 Å². The van der Waals surface area contributed by atoms with Crippen LogP contribution < -0.4 is 0 Å². The smallest absolute Gasteiger partial charge is 0.409 e. The monoisotopic (exact) mass is 399 g/mol. The first-order valence-corrected chi connectivity index (χ1v) is 10.1. The topological polar surface area (TPSA) is 49.8 Å². The molecular weight excluding hydrogens is 376 g/mol. The highest BCUT2D eigenvalue weighted by Crippen LogP contribution is 2.57. The zero-order chi connectivity index (χ0) is 20.2. The Labute approximate surface area is 168 Å². The molecule has 1 amide bonds. The number of hydrogen-bond acceptors (Lipinski definition) is 3. The number of likely N-dealkylation sites (tertiary alicyclic amines) is 1. The second-order valence-corrected chi connectivity index (χ2v) is 8.48. The van der Waals surface area contributed by atoms with Crippen LogP contribution in [0.25, 0.3) is 11.1 Å². The maximum atomic E-state index is 14.6. The average molecular weight is 399 g/mol. The first-order chi connectivity index (χ1) is 14.0. The number of benzene rings is 2. The third-order valence-electron chi connectivity index (χ3n) is 7.02. The molecule has 4 nitrogen and oxygen atoms in total. The molecule has 1 aliphatic heterocycles. The molecule has 2 bridgehead atoms. The number of ether oxygens (including phenoxy) is 1. The molecule has 1 saturated heterocycles. The third kappa shape index (κ3) is 2.61. The molecular formula is C23H23F2NO3. The summed E-state index contributed by atoms with van der Waals surface area (Å²) in [5.74, 6) is -3.92. The lowest BCUT2D eigenvalue weighted by Crippen LogP contribution is -2.59. The number of halogens is 2. The van der Waals surface area contributed by atoms with Gasteiger partial charge in [0.2, 0.25) is 0 Å². The van der Waals surface area contributed by atoms with E-state index in [1.165, 1.54) is 4.90 Å². The van der Waals surface area contributed by atoms with Crippen LogP contribution in [0.5, 0.6) is 0 Å². The second-order valence-electron chi connectivity index (χ2n) is 8.48. The highest BCUT2D eigenvalue weighted by molar-refractivity contribution is 5.79. The molecule has 2 aromatic carbocycles. The Morgan fingerprint density at radius 1 is 1.10 bits per heavy atom. The van der Waals surface area contributed by atoms with E-state index in [0.29, 0.717) is 6.42 Å². The van der Waals surface area contributed by atoms with E-state index in [1.54, 1.807) is 0 Å². The highest BCUT2D eigenvalue weighted by Gasteiger charge is 2.66. The van der Waals surface area contributed by atoms with E-state index in [1.807, 2.05) is 36.4 Å². The summed E-state index contributed by atoms with van der Waals surface area (Å²) in [6.45, 7) is -0.644. The van der Waals surface area contributed by atoms with Gasteiger partial charge in [0.25, 0.3) is 5.92 Å². The zero-order valence-electron chi connectivity index (χ0n) is 16.0. The van der Waals surface area contributed by atoms with Crippen LogP contribution in [0.15, 0.2) is 48.5 Å². The number of piperidine rings is 1. The van der Waals surface area contributed by atoms with Crippen molar-refractivity contribution in [1.82, 2.24) is 4.90 Å². The summed E-state index contributed by atoms with van der Waals surface area (Å²) < 4.78 is 34.8. The molecule has 0 spiro atoms. The zero-order valence-corrected chi connectivity index (χ0v) is 16.0. The van der Waals surface area contributed by atoms with Crippen molar-refractivity contribution in [3.63, 3.8) is 0 Å². The summed E-state index contributed by atoms with van der Waals surface area (Å²) in [5.41, 5.74) is 2.96. The molecule has 5 rings (SSSR count). The van der Waals surface area contributed by atoms with Crippen molar-refractivity contribution in [2.45, 2.75) is 24.7 Å². The Bertz CT molecular complexity index is 917. The predicted molar refractivity (Wildman–Crippen MR) is 104 cm³/mol. The van der Waals surface area contributed by atoms with Crippen LogP contribution in [0.4, 0.5) is 13.6 Å². The lowest BCUT2D eigenvalue weighted by Gasteiger charge is -2.44. The Morgan fingerprint density at radius 3 is 2.34 bits per heavy atom. The molecule has 2 aromatic rings. The van der Waals surface area contributed by atoms with Crippen LogP contribution in [0.1, 0.15) is 29.9 Å². The van der Waals surface area contributed by atoms with E-state index in [0.717, 1.165) is 22.3 Å². The van der Waals surface area contributed by atoms with Crippen molar-refractivity contribution < 1.29 is 23.4 Å². The average Bonchev–Trinajstić information content (AvgIpc) is 3.06. The minimum Gasteiger partial charge on any atom is -0.448 e. The van der Waals surface area contributed by atoms with Gasteiger partial charge in [0.15, 0.2) is 0 Å². The van der Waals surface area contributed by atoms with Crippen LogP contribution >= 0.6 is 0 Å². The van der Waals surface area contributed by atoms with Crippen molar-refractivity contribution in [2.75, 3.05) is 26.3 Å². The lowest BCUT2D eigenvalue weighted by molar-refractivity contribution is -0.179. The Kier molecular flexibility index (Phi) is 4.17. The fourth-order valence-corrected chi connectivity index (χ4v) is 5.38. The van der Waals surface area contributed by atoms with E-state index >= 15 is 0 Å². The number of nitrogens with zero attached hydrogens (tertiary/aromatic N) is 1. The van der Waals surface area contributed by atoms with Gasteiger partial charge < -0.3 is 14.7 Å². The summed E-state index contributed by atoms with van der Waals surface area (Å²) in [6, 6.07) is 16.1. The summed E-state index contributed by atoms with van der Waals surface area (Å²) >= 11 is 0. The van der Waals surface area contributed by atoms with Crippen LogP contribution in [0, 0.1) is 11.3 Å². The summed E-state index contributed by atoms with van der Waals surface area (Å²) in [7, 11) is 0. The lowest BCUT2D eigenvalue weighted by atomic mass is 9.79. The predicted octanol–water partition coefficient (Wildman–Crippen LogP) is 4.28. The number of rotatable bonds is 3. The fraction of sp³-hybridized carbons (Fsp3) is 0.435. The summed E-state index contributed by atoms with van der Waals surface area (Å²) in [4.78, 5) is 14.1. The van der Waals surface area contributed by atoms with Gasteiger partial charge in [-0.1, -0.05) is 48.5 Å². The van der Waals surface area contributed by atoms with Crippen molar-refractivity contribution in [2.24, 2.45) is 11.3 Å². The minimum absolute atomic E-state index is 0.0224. The Hall–Kier alpha value is -2.47. The van der Waals surface area contributed by atoms with Gasteiger partial charge in [-0.05, 0) is 35.1 Å². The molecule has 2 unspecified atom stereocenters. The summed E-state index contributed by atoms with van der Waals surface area (Å²) in [6.07, 6.45) is -0.0261. The molecule has 2 atom stereocenters. The molecule has 152 valence electrons. The molecule has 1 heterocycles. The van der Waals surface area contributed by atoms with Gasteiger partial charge in [-0.25, -0.2) is 13.6 Å². The van der Waals surface area contributed by atoms with Crippen molar-refractivity contribution in [1.29, 1.82) is 0 Å². The van der Waals surface area contributed by atoms with Gasteiger partial charge in [-0.15, -0.1) is 0 Å². The largest absolute Gasteiger partial charge is 0.448 e. The minimum atomic E-state index is -2.94. The maximum Gasteiger partial charge on any atom is 0.409 e. The number of alkyl halides is 2. The van der Waals surface area contributed by atoms with Gasteiger partial charge in [-0.2, -0.15) is 0 Å². The van der Waals surface area contributed by atoms with Crippen LogP contribution in [0.2, 0.25) is 0 Å².